The first-order valence-corrected chi connectivity index (χ1v) is 11.5. The van der Waals surface area contributed by atoms with E-state index in [1.165, 1.54) is 14.0 Å². The number of piperidine rings is 1. The van der Waals surface area contributed by atoms with Crippen LogP contribution in [0, 0.1) is 5.92 Å². The summed E-state index contributed by atoms with van der Waals surface area (Å²) >= 11 is 0. The molecule has 34 heavy (non-hydrogen) atoms. The lowest BCUT2D eigenvalue weighted by Crippen LogP contribution is -2.39. The monoisotopic (exact) mass is 473 g/mol. The lowest BCUT2D eigenvalue weighted by molar-refractivity contribution is -0.155. The second-order valence-electron chi connectivity index (χ2n) is 9.30. The number of imide groups is 1. The Balaban J connectivity index is 1.97. The number of hydrogen-bond donors (Lipinski definition) is 1. The largest absolute Gasteiger partial charge is 0.494 e. The van der Waals surface area contributed by atoms with Gasteiger partial charge in [0, 0.05) is 25.5 Å². The smallest absolute Gasteiger partial charge is 0.306 e. The van der Waals surface area contributed by atoms with Crippen molar-refractivity contribution in [1.29, 1.82) is 0 Å². The van der Waals surface area contributed by atoms with Gasteiger partial charge in [0.25, 0.3) is 0 Å². The van der Waals surface area contributed by atoms with Crippen molar-refractivity contribution in [2.24, 2.45) is 5.92 Å². The standard InChI is InChI=1S/C26H35NO7/c1-17(28)21-16-19(33-15-7-6-8-24(30)34-26(2,3)4)11-12-20(21)22(32-5)13-9-18-10-14-23(29)27-25(18)31/h9,11-13,16,18,22H,6-8,10,14-15H2,1-5H3,(H,27,29,31)/b13-9+. The highest BCUT2D eigenvalue weighted by atomic mass is 16.6. The van der Waals surface area contributed by atoms with Crippen molar-refractivity contribution in [3.63, 3.8) is 0 Å². The fourth-order valence-corrected chi connectivity index (χ4v) is 3.57. The summed E-state index contributed by atoms with van der Waals surface area (Å²) in [4.78, 5) is 47.4. The molecule has 1 saturated heterocycles. The van der Waals surface area contributed by atoms with Crippen LogP contribution in [0.1, 0.15) is 81.8 Å². The molecule has 0 radical (unpaired) electrons. The highest BCUT2D eigenvalue weighted by Gasteiger charge is 2.25. The summed E-state index contributed by atoms with van der Waals surface area (Å²) < 4.78 is 16.6. The van der Waals surface area contributed by atoms with E-state index in [-0.39, 0.29) is 23.6 Å². The van der Waals surface area contributed by atoms with E-state index in [0.29, 0.717) is 55.6 Å². The number of hydrogen-bond acceptors (Lipinski definition) is 7. The maximum absolute atomic E-state index is 12.3. The Hall–Kier alpha value is -3.00. The Morgan fingerprint density at radius 3 is 2.56 bits per heavy atom. The SMILES string of the molecule is COC(/C=C/C1CCC(=O)NC1=O)c1ccc(OCCCCC(=O)OC(C)(C)C)cc1C(C)=O. The summed E-state index contributed by atoms with van der Waals surface area (Å²) in [6.07, 6.45) is 5.29. The molecule has 2 atom stereocenters. The van der Waals surface area contributed by atoms with Crippen LogP contribution in [0.25, 0.3) is 0 Å². The quantitative estimate of drug-likeness (QED) is 0.170. The van der Waals surface area contributed by atoms with E-state index in [0.717, 1.165) is 0 Å². The van der Waals surface area contributed by atoms with Gasteiger partial charge in [-0.1, -0.05) is 18.2 Å². The predicted molar refractivity (Wildman–Crippen MR) is 126 cm³/mol. The van der Waals surface area contributed by atoms with Gasteiger partial charge >= 0.3 is 5.97 Å². The third-order valence-corrected chi connectivity index (χ3v) is 5.23. The second kappa shape index (κ2) is 12.5. The first kappa shape index (κ1) is 27.2. The van der Waals surface area contributed by atoms with Crippen molar-refractivity contribution >= 4 is 23.6 Å². The van der Waals surface area contributed by atoms with Crippen LogP contribution >= 0.6 is 0 Å². The Morgan fingerprint density at radius 1 is 1.21 bits per heavy atom. The van der Waals surface area contributed by atoms with Gasteiger partial charge in [0.1, 0.15) is 17.5 Å². The molecule has 2 unspecified atom stereocenters. The van der Waals surface area contributed by atoms with Crippen LogP contribution in [0.15, 0.2) is 30.4 Å². The van der Waals surface area contributed by atoms with Gasteiger partial charge in [0.05, 0.1) is 12.5 Å². The number of unbranched alkanes of at least 4 members (excludes halogenated alkanes) is 1. The highest BCUT2D eigenvalue weighted by molar-refractivity contribution is 5.99. The van der Waals surface area contributed by atoms with E-state index in [1.807, 2.05) is 20.8 Å². The van der Waals surface area contributed by atoms with Crippen LogP contribution in [0.2, 0.25) is 0 Å². The summed E-state index contributed by atoms with van der Waals surface area (Å²) in [5, 5.41) is 2.33. The molecule has 8 heteroatoms. The highest BCUT2D eigenvalue weighted by Crippen LogP contribution is 2.28. The summed E-state index contributed by atoms with van der Waals surface area (Å²) in [5.74, 6) is -0.829. The van der Waals surface area contributed by atoms with E-state index in [4.69, 9.17) is 14.2 Å². The second-order valence-corrected chi connectivity index (χ2v) is 9.30. The van der Waals surface area contributed by atoms with Gasteiger partial charge in [-0.05, 0) is 64.7 Å². The van der Waals surface area contributed by atoms with Gasteiger partial charge in [-0.2, -0.15) is 0 Å². The van der Waals surface area contributed by atoms with Crippen molar-refractivity contribution in [2.75, 3.05) is 13.7 Å². The first-order chi connectivity index (χ1) is 16.0. The van der Waals surface area contributed by atoms with Crippen LogP contribution in [0.5, 0.6) is 5.75 Å². The Morgan fingerprint density at radius 2 is 1.94 bits per heavy atom. The molecule has 1 N–H and O–H groups in total. The van der Waals surface area contributed by atoms with Gasteiger partial charge in [0.15, 0.2) is 5.78 Å². The summed E-state index contributed by atoms with van der Waals surface area (Å²) in [6, 6.07) is 5.22. The molecule has 0 spiro atoms. The molecule has 0 saturated carbocycles. The lowest BCUT2D eigenvalue weighted by atomic mass is 9.94. The summed E-state index contributed by atoms with van der Waals surface area (Å²) in [6.45, 7) is 7.39. The van der Waals surface area contributed by atoms with Gasteiger partial charge in [-0.25, -0.2) is 0 Å². The van der Waals surface area contributed by atoms with Crippen molar-refractivity contribution in [2.45, 2.75) is 71.5 Å². The van der Waals surface area contributed by atoms with Crippen molar-refractivity contribution in [1.82, 2.24) is 5.32 Å². The fraction of sp³-hybridized carbons (Fsp3) is 0.538. The van der Waals surface area contributed by atoms with Gasteiger partial charge < -0.3 is 14.2 Å². The zero-order valence-electron chi connectivity index (χ0n) is 20.6. The number of ether oxygens (including phenoxy) is 3. The predicted octanol–water partition coefficient (Wildman–Crippen LogP) is 4.08. The number of rotatable bonds is 11. The lowest BCUT2D eigenvalue weighted by Gasteiger charge is -2.20. The van der Waals surface area contributed by atoms with Crippen molar-refractivity contribution < 1.29 is 33.4 Å². The molecule has 0 aromatic heterocycles. The number of carbonyl (C=O) groups excluding carboxylic acids is 4. The van der Waals surface area contributed by atoms with Crippen LogP contribution in [0.4, 0.5) is 0 Å². The molecule has 1 aromatic carbocycles. The number of methoxy groups -OCH3 is 1. The summed E-state index contributed by atoms with van der Waals surface area (Å²) in [5.41, 5.74) is 0.636. The van der Waals surface area contributed by atoms with E-state index < -0.39 is 17.6 Å². The van der Waals surface area contributed by atoms with Gasteiger partial charge in [0.2, 0.25) is 11.8 Å². The van der Waals surface area contributed by atoms with E-state index >= 15 is 0 Å². The molecule has 2 amide bonds. The molecule has 1 aromatic rings. The van der Waals surface area contributed by atoms with Crippen LogP contribution in [-0.4, -0.2) is 42.9 Å². The molecule has 8 nitrogen and oxygen atoms in total. The molecule has 1 aliphatic rings. The average molecular weight is 474 g/mol. The van der Waals surface area contributed by atoms with E-state index in [2.05, 4.69) is 5.32 Å². The average Bonchev–Trinajstić information content (AvgIpc) is 2.74. The minimum Gasteiger partial charge on any atom is -0.494 e. The zero-order valence-corrected chi connectivity index (χ0v) is 20.6. The Labute approximate surface area is 201 Å². The van der Waals surface area contributed by atoms with Crippen molar-refractivity contribution in [3.05, 3.63) is 41.5 Å². The first-order valence-electron chi connectivity index (χ1n) is 11.5. The number of amides is 2. The van der Waals surface area contributed by atoms with Crippen LogP contribution in [-0.2, 0) is 23.9 Å². The number of esters is 1. The Kier molecular flexibility index (Phi) is 9.98. The molecule has 1 fully saturated rings. The minimum atomic E-state index is -0.535. The van der Waals surface area contributed by atoms with E-state index in [9.17, 15) is 19.2 Å². The molecular weight excluding hydrogens is 438 g/mol. The number of ketones is 1. The van der Waals surface area contributed by atoms with Gasteiger partial charge in [-0.3, -0.25) is 24.5 Å². The minimum absolute atomic E-state index is 0.137. The van der Waals surface area contributed by atoms with Crippen LogP contribution < -0.4 is 10.1 Å². The maximum Gasteiger partial charge on any atom is 0.306 e. The third-order valence-electron chi connectivity index (χ3n) is 5.23. The zero-order chi connectivity index (χ0) is 25.3. The number of benzene rings is 1. The molecule has 1 heterocycles. The Bertz CT molecular complexity index is 930. The number of Topliss-reactive ketones (excluding diaryl/α,β-unsaturated/α-hetero) is 1. The number of nitrogens with one attached hydrogen (secondary N) is 1. The molecule has 1 aliphatic heterocycles. The van der Waals surface area contributed by atoms with Gasteiger partial charge in [-0.15, -0.1) is 0 Å². The molecular formula is C26H35NO7. The molecule has 0 aliphatic carbocycles. The van der Waals surface area contributed by atoms with E-state index in [1.54, 1.807) is 30.4 Å². The fourth-order valence-electron chi connectivity index (χ4n) is 3.57. The molecule has 0 bridgehead atoms. The normalized spacial score (nSPS) is 17.4. The number of carbonyl (C=O) groups is 4. The molecule has 186 valence electrons. The topological polar surface area (TPSA) is 108 Å². The molecule has 2 rings (SSSR count). The third kappa shape index (κ3) is 8.74. The summed E-state index contributed by atoms with van der Waals surface area (Å²) in [7, 11) is 1.53. The van der Waals surface area contributed by atoms with Crippen LogP contribution in [0.3, 0.4) is 0 Å². The van der Waals surface area contributed by atoms with Crippen molar-refractivity contribution in [3.8, 4) is 5.75 Å². The maximum atomic E-state index is 12.3.